The molecule has 1 aromatic rings. The van der Waals surface area contributed by atoms with E-state index in [1.165, 1.54) is 0 Å². The van der Waals surface area contributed by atoms with Gasteiger partial charge in [0.25, 0.3) is 0 Å². The molecular formula is C21H32N2O3S. The third-order valence-corrected chi connectivity index (χ3v) is 5.58. The fourth-order valence-electron chi connectivity index (χ4n) is 2.42. The van der Waals surface area contributed by atoms with Gasteiger partial charge >= 0.3 is 0 Å². The average Bonchev–Trinajstić information content (AvgIpc) is 2.67. The van der Waals surface area contributed by atoms with Crippen LogP contribution in [-0.4, -0.2) is 62.6 Å². The second-order valence-electron chi connectivity index (χ2n) is 6.46. The minimum Gasteiger partial charge on any atom is -0.501 e. The van der Waals surface area contributed by atoms with Crippen molar-refractivity contribution in [2.75, 3.05) is 45.8 Å². The molecule has 0 saturated heterocycles. The molecule has 1 atom stereocenters. The van der Waals surface area contributed by atoms with Crippen LogP contribution in [0.3, 0.4) is 0 Å². The molecule has 5 nitrogen and oxygen atoms in total. The molecule has 0 aromatic heterocycles. The standard InChI is InChI=1S/C21H32N2O3S/c1-6-18(26-5)12-11-17(2)21(15-24)27-20-10-8-7-9-19(20)23(16-25)14-13-22(3)4/h7-12,16,21,24H,6,13-15H2,1-5H3/b17-11+,18-12+. The number of anilines is 1. The molecule has 0 aliphatic heterocycles. The maximum absolute atomic E-state index is 11.6. The van der Waals surface area contributed by atoms with E-state index in [9.17, 15) is 9.90 Å². The van der Waals surface area contributed by atoms with Crippen LogP contribution in [0.1, 0.15) is 20.3 Å². The summed E-state index contributed by atoms with van der Waals surface area (Å²) in [6.07, 6.45) is 5.62. The Labute approximate surface area is 167 Å². The van der Waals surface area contributed by atoms with Gasteiger partial charge in [0.1, 0.15) is 0 Å². The SMILES string of the molecule is CC/C(=C\C=C(/C)C(CO)Sc1ccccc1N(C=O)CCN(C)C)OC. The lowest BCUT2D eigenvalue weighted by atomic mass is 10.2. The molecule has 0 spiro atoms. The van der Waals surface area contributed by atoms with Crippen LogP contribution < -0.4 is 4.90 Å². The molecule has 1 aromatic carbocycles. The molecule has 0 fully saturated rings. The topological polar surface area (TPSA) is 53.0 Å². The highest BCUT2D eigenvalue weighted by molar-refractivity contribution is 8.00. The lowest BCUT2D eigenvalue weighted by Gasteiger charge is -2.24. The van der Waals surface area contributed by atoms with Crippen LogP contribution in [-0.2, 0) is 9.53 Å². The highest BCUT2D eigenvalue weighted by Gasteiger charge is 2.17. The number of rotatable bonds is 12. The highest BCUT2D eigenvalue weighted by Crippen LogP contribution is 2.35. The number of ether oxygens (including phenoxy) is 1. The van der Waals surface area contributed by atoms with Crippen molar-refractivity contribution in [3.63, 3.8) is 0 Å². The first kappa shape index (κ1) is 23.3. The van der Waals surface area contributed by atoms with E-state index in [4.69, 9.17) is 4.74 Å². The normalized spacial score (nSPS) is 13.6. The van der Waals surface area contributed by atoms with E-state index in [1.54, 1.807) is 23.8 Å². The second-order valence-corrected chi connectivity index (χ2v) is 7.70. The summed E-state index contributed by atoms with van der Waals surface area (Å²) in [6, 6.07) is 7.82. The van der Waals surface area contributed by atoms with E-state index in [0.717, 1.165) is 41.3 Å². The van der Waals surface area contributed by atoms with E-state index in [-0.39, 0.29) is 11.9 Å². The van der Waals surface area contributed by atoms with Crippen molar-refractivity contribution in [2.45, 2.75) is 30.4 Å². The molecule has 6 heteroatoms. The van der Waals surface area contributed by atoms with Crippen LogP contribution >= 0.6 is 11.8 Å². The summed E-state index contributed by atoms with van der Waals surface area (Å²) in [7, 11) is 5.63. The largest absolute Gasteiger partial charge is 0.501 e. The van der Waals surface area contributed by atoms with Crippen molar-refractivity contribution in [3.05, 3.63) is 47.7 Å². The van der Waals surface area contributed by atoms with Crippen LogP contribution in [0.25, 0.3) is 0 Å². The van der Waals surface area contributed by atoms with Gasteiger partial charge in [0, 0.05) is 24.4 Å². The fraction of sp³-hybridized carbons (Fsp3) is 0.476. The number of aliphatic hydroxyl groups excluding tert-OH is 1. The third kappa shape index (κ3) is 7.79. The van der Waals surface area contributed by atoms with Crippen molar-refractivity contribution in [1.82, 2.24) is 4.90 Å². The molecule has 27 heavy (non-hydrogen) atoms. The average molecular weight is 393 g/mol. The fourth-order valence-corrected chi connectivity index (χ4v) is 3.53. The number of likely N-dealkylation sites (N-methyl/N-ethyl adjacent to an activating group) is 1. The first-order chi connectivity index (χ1) is 13.0. The van der Waals surface area contributed by atoms with Crippen molar-refractivity contribution >= 4 is 23.9 Å². The van der Waals surface area contributed by atoms with Crippen LogP contribution in [0.15, 0.2) is 52.6 Å². The summed E-state index contributed by atoms with van der Waals surface area (Å²) in [5, 5.41) is 9.80. The van der Waals surface area contributed by atoms with Gasteiger partial charge in [0.2, 0.25) is 6.41 Å². The minimum atomic E-state index is -0.0975. The highest BCUT2D eigenvalue weighted by atomic mass is 32.2. The maximum Gasteiger partial charge on any atom is 0.214 e. The zero-order valence-electron chi connectivity index (χ0n) is 17.0. The molecule has 0 heterocycles. The molecule has 1 N–H and O–H groups in total. The minimum absolute atomic E-state index is 0.0163. The molecule has 150 valence electrons. The number of hydrogen-bond donors (Lipinski definition) is 1. The molecule has 1 amide bonds. The quantitative estimate of drug-likeness (QED) is 0.255. The summed E-state index contributed by atoms with van der Waals surface area (Å²) < 4.78 is 5.29. The Bertz CT molecular complexity index is 638. The van der Waals surface area contributed by atoms with Gasteiger partial charge in [-0.25, -0.2) is 0 Å². The van der Waals surface area contributed by atoms with E-state index in [1.807, 2.05) is 69.3 Å². The van der Waals surface area contributed by atoms with E-state index < -0.39 is 0 Å². The predicted octanol–water partition coefficient (Wildman–Crippen LogP) is 3.55. The van der Waals surface area contributed by atoms with E-state index in [2.05, 4.69) is 0 Å². The summed E-state index contributed by atoms with van der Waals surface area (Å²) in [5.74, 6) is 0.896. The molecule has 0 radical (unpaired) electrons. The number of hydrogen-bond acceptors (Lipinski definition) is 5. The zero-order chi connectivity index (χ0) is 20.2. The monoisotopic (exact) mass is 392 g/mol. The van der Waals surface area contributed by atoms with Crippen LogP contribution in [0, 0.1) is 0 Å². The smallest absolute Gasteiger partial charge is 0.214 e. The van der Waals surface area contributed by atoms with E-state index in [0.29, 0.717) is 6.54 Å². The number of para-hydroxylation sites is 1. The number of aliphatic hydroxyl groups is 1. The molecule has 0 aliphatic rings. The number of nitrogens with zero attached hydrogens (tertiary/aromatic N) is 2. The van der Waals surface area contributed by atoms with Gasteiger partial charge in [-0.05, 0) is 39.2 Å². The Morgan fingerprint density at radius 3 is 2.52 bits per heavy atom. The van der Waals surface area contributed by atoms with E-state index >= 15 is 0 Å². The molecule has 1 rings (SSSR count). The Balaban J connectivity index is 3.03. The summed E-state index contributed by atoms with van der Waals surface area (Å²) in [5.41, 5.74) is 1.92. The number of allylic oxidation sites excluding steroid dienone is 3. The van der Waals surface area contributed by atoms with Gasteiger partial charge < -0.3 is 19.6 Å². The van der Waals surface area contributed by atoms with Crippen LogP contribution in [0.5, 0.6) is 0 Å². The maximum atomic E-state index is 11.6. The van der Waals surface area contributed by atoms with Crippen molar-refractivity contribution in [3.8, 4) is 0 Å². The van der Waals surface area contributed by atoms with Crippen LogP contribution in [0.4, 0.5) is 5.69 Å². The second kappa shape index (κ2) is 12.6. The lowest BCUT2D eigenvalue weighted by Crippen LogP contribution is -2.31. The zero-order valence-corrected chi connectivity index (χ0v) is 17.8. The Morgan fingerprint density at radius 2 is 1.96 bits per heavy atom. The number of thioether (sulfide) groups is 1. The third-order valence-electron chi connectivity index (χ3n) is 4.18. The van der Waals surface area contributed by atoms with Crippen molar-refractivity contribution in [2.24, 2.45) is 0 Å². The Morgan fingerprint density at radius 1 is 1.26 bits per heavy atom. The van der Waals surface area contributed by atoms with Crippen molar-refractivity contribution in [1.29, 1.82) is 0 Å². The Hall–Kier alpha value is -1.76. The predicted molar refractivity (Wildman–Crippen MR) is 114 cm³/mol. The molecule has 0 bridgehead atoms. The first-order valence-electron chi connectivity index (χ1n) is 9.11. The molecule has 0 saturated carbocycles. The van der Waals surface area contributed by atoms with Crippen molar-refractivity contribution < 1.29 is 14.6 Å². The number of carbonyl (C=O) groups is 1. The molecule has 1 unspecified atom stereocenters. The van der Waals surface area contributed by atoms with Gasteiger partial charge in [0.15, 0.2) is 0 Å². The Kier molecular flexibility index (Phi) is 10.9. The van der Waals surface area contributed by atoms with Gasteiger partial charge in [-0.2, -0.15) is 0 Å². The number of carbonyl (C=O) groups excluding carboxylic acids is 1. The number of methoxy groups -OCH3 is 1. The van der Waals surface area contributed by atoms with Gasteiger partial charge in [-0.15, -0.1) is 11.8 Å². The first-order valence-corrected chi connectivity index (χ1v) is 9.99. The summed E-state index contributed by atoms with van der Waals surface area (Å²) in [6.45, 7) is 5.45. The van der Waals surface area contributed by atoms with Gasteiger partial charge in [-0.1, -0.05) is 30.7 Å². The number of benzene rings is 1. The van der Waals surface area contributed by atoms with Gasteiger partial charge in [-0.3, -0.25) is 4.79 Å². The number of amides is 1. The molecular weight excluding hydrogens is 360 g/mol. The lowest BCUT2D eigenvalue weighted by molar-refractivity contribution is -0.107. The van der Waals surface area contributed by atoms with Crippen LogP contribution in [0.2, 0.25) is 0 Å². The summed E-state index contributed by atoms with van der Waals surface area (Å²) >= 11 is 1.57. The summed E-state index contributed by atoms with van der Waals surface area (Å²) in [4.78, 5) is 16.4. The molecule has 0 aliphatic carbocycles. The van der Waals surface area contributed by atoms with Gasteiger partial charge in [0.05, 0.1) is 30.4 Å².